The second-order valence-corrected chi connectivity index (χ2v) is 6.88. The Morgan fingerprint density at radius 2 is 1.90 bits per heavy atom. The number of nitrogens with two attached hydrogens (primary N) is 1. The molecule has 0 amide bonds. The zero-order valence-electron chi connectivity index (χ0n) is 11.7. The van der Waals surface area contributed by atoms with Crippen LogP contribution in [0.5, 0.6) is 0 Å². The van der Waals surface area contributed by atoms with Crippen LogP contribution < -0.4 is 5.73 Å². The Morgan fingerprint density at radius 3 is 2.60 bits per heavy atom. The highest BCUT2D eigenvalue weighted by Gasteiger charge is 2.07. The molecule has 1 atom stereocenters. The first-order valence-electron chi connectivity index (χ1n) is 6.92. The van der Waals surface area contributed by atoms with Crippen molar-refractivity contribution in [3.8, 4) is 0 Å². The van der Waals surface area contributed by atoms with E-state index >= 15 is 0 Å². The molecule has 3 heteroatoms. The summed E-state index contributed by atoms with van der Waals surface area (Å²) in [4.78, 5) is 1.26. The SMILES string of the molecule is CCCc1cccc(C(N)CSc2ccc(Br)cc2)c1. The smallest absolute Gasteiger partial charge is 0.0390 e. The molecule has 106 valence electrons. The van der Waals surface area contributed by atoms with Crippen LogP contribution in [0.25, 0.3) is 0 Å². The van der Waals surface area contributed by atoms with Gasteiger partial charge in [0.05, 0.1) is 0 Å². The first-order valence-corrected chi connectivity index (χ1v) is 8.69. The summed E-state index contributed by atoms with van der Waals surface area (Å²) in [5.74, 6) is 0.900. The highest BCUT2D eigenvalue weighted by Crippen LogP contribution is 2.25. The second-order valence-electron chi connectivity index (χ2n) is 4.87. The molecule has 0 bridgehead atoms. The van der Waals surface area contributed by atoms with Crippen molar-refractivity contribution in [1.29, 1.82) is 0 Å². The maximum atomic E-state index is 6.31. The largest absolute Gasteiger partial charge is 0.323 e. The van der Waals surface area contributed by atoms with Crippen LogP contribution in [0.1, 0.15) is 30.5 Å². The predicted octanol–water partition coefficient (Wildman–Crippen LogP) is 5.19. The minimum atomic E-state index is 0.0838. The van der Waals surface area contributed by atoms with Gasteiger partial charge in [0.2, 0.25) is 0 Å². The van der Waals surface area contributed by atoms with Crippen molar-refractivity contribution in [3.63, 3.8) is 0 Å². The molecule has 20 heavy (non-hydrogen) atoms. The molecule has 2 rings (SSSR count). The molecule has 0 aliphatic rings. The normalized spacial score (nSPS) is 12.3. The van der Waals surface area contributed by atoms with Gasteiger partial charge >= 0.3 is 0 Å². The molecule has 2 aromatic carbocycles. The van der Waals surface area contributed by atoms with E-state index in [1.807, 2.05) is 0 Å². The number of halogens is 1. The van der Waals surface area contributed by atoms with Crippen molar-refractivity contribution in [2.75, 3.05) is 5.75 Å². The van der Waals surface area contributed by atoms with Crippen LogP contribution in [-0.2, 0) is 6.42 Å². The van der Waals surface area contributed by atoms with Crippen molar-refractivity contribution < 1.29 is 0 Å². The van der Waals surface area contributed by atoms with Crippen molar-refractivity contribution in [2.45, 2.75) is 30.7 Å². The van der Waals surface area contributed by atoms with Crippen LogP contribution in [0.4, 0.5) is 0 Å². The maximum Gasteiger partial charge on any atom is 0.0390 e. The second kappa shape index (κ2) is 7.87. The Bertz CT molecular complexity index is 539. The quantitative estimate of drug-likeness (QED) is 0.725. The molecule has 2 aromatic rings. The molecule has 0 radical (unpaired) electrons. The summed E-state index contributed by atoms with van der Waals surface area (Å²) in [5.41, 5.74) is 8.93. The minimum Gasteiger partial charge on any atom is -0.323 e. The van der Waals surface area contributed by atoms with Crippen LogP contribution in [0.3, 0.4) is 0 Å². The fourth-order valence-electron chi connectivity index (χ4n) is 2.08. The molecule has 0 saturated carbocycles. The third-order valence-corrected chi connectivity index (χ3v) is 4.82. The van der Waals surface area contributed by atoms with Gasteiger partial charge in [-0.15, -0.1) is 11.8 Å². The van der Waals surface area contributed by atoms with Gasteiger partial charge in [-0.25, -0.2) is 0 Å². The first-order chi connectivity index (χ1) is 9.69. The summed E-state index contributed by atoms with van der Waals surface area (Å²) < 4.78 is 1.11. The monoisotopic (exact) mass is 349 g/mol. The summed E-state index contributed by atoms with van der Waals surface area (Å²) in [6.45, 7) is 2.20. The average Bonchev–Trinajstić information content (AvgIpc) is 2.47. The van der Waals surface area contributed by atoms with E-state index in [4.69, 9.17) is 5.73 Å². The van der Waals surface area contributed by atoms with Gasteiger partial charge < -0.3 is 5.73 Å². The molecule has 0 saturated heterocycles. The van der Waals surface area contributed by atoms with E-state index in [0.717, 1.165) is 16.6 Å². The zero-order chi connectivity index (χ0) is 14.4. The number of benzene rings is 2. The zero-order valence-corrected chi connectivity index (χ0v) is 14.1. The Balaban J connectivity index is 1.95. The lowest BCUT2D eigenvalue weighted by Gasteiger charge is -2.13. The molecule has 0 aromatic heterocycles. The highest BCUT2D eigenvalue weighted by molar-refractivity contribution is 9.10. The van der Waals surface area contributed by atoms with Gasteiger partial charge in [-0.1, -0.05) is 53.5 Å². The first kappa shape index (κ1) is 15.6. The van der Waals surface area contributed by atoms with Crippen LogP contribution in [-0.4, -0.2) is 5.75 Å². The van der Waals surface area contributed by atoms with E-state index in [1.54, 1.807) is 11.8 Å². The van der Waals surface area contributed by atoms with Gasteiger partial charge in [-0.05, 0) is 41.8 Å². The van der Waals surface area contributed by atoms with Gasteiger partial charge in [0.1, 0.15) is 0 Å². The topological polar surface area (TPSA) is 26.0 Å². The Kier molecular flexibility index (Phi) is 6.14. The average molecular weight is 350 g/mol. The lowest BCUT2D eigenvalue weighted by Crippen LogP contribution is -2.13. The number of hydrogen-bond donors (Lipinski definition) is 1. The molecule has 0 fully saturated rings. The van der Waals surface area contributed by atoms with E-state index in [2.05, 4.69) is 71.4 Å². The van der Waals surface area contributed by atoms with Crippen LogP contribution in [0, 0.1) is 0 Å². The van der Waals surface area contributed by atoms with E-state index in [0.29, 0.717) is 0 Å². The van der Waals surface area contributed by atoms with Crippen molar-refractivity contribution >= 4 is 27.7 Å². The Hall–Kier alpha value is -0.770. The minimum absolute atomic E-state index is 0.0838. The Morgan fingerprint density at radius 1 is 1.15 bits per heavy atom. The van der Waals surface area contributed by atoms with Gasteiger partial charge in [0.25, 0.3) is 0 Å². The summed E-state index contributed by atoms with van der Waals surface area (Å²) in [5, 5.41) is 0. The number of rotatable bonds is 6. The molecule has 2 N–H and O–H groups in total. The standard InChI is InChI=1S/C17H20BrNS/c1-2-4-13-5-3-6-14(11-13)17(19)12-20-16-9-7-15(18)8-10-16/h3,5-11,17H,2,4,12,19H2,1H3. The van der Waals surface area contributed by atoms with Gasteiger partial charge in [0.15, 0.2) is 0 Å². The summed E-state index contributed by atoms with van der Waals surface area (Å²) in [7, 11) is 0. The summed E-state index contributed by atoms with van der Waals surface area (Å²) in [6, 6.07) is 17.1. The number of thioether (sulfide) groups is 1. The van der Waals surface area contributed by atoms with Gasteiger partial charge in [-0.3, -0.25) is 0 Å². The summed E-state index contributed by atoms with van der Waals surface area (Å²) in [6.07, 6.45) is 2.30. The number of aryl methyl sites for hydroxylation is 1. The predicted molar refractivity (Wildman–Crippen MR) is 92.2 cm³/mol. The molecular formula is C17H20BrNS. The molecule has 0 aliphatic heterocycles. The third-order valence-electron chi connectivity index (χ3n) is 3.16. The highest BCUT2D eigenvalue weighted by atomic mass is 79.9. The lowest BCUT2D eigenvalue weighted by molar-refractivity contribution is 0.823. The third kappa shape index (κ3) is 4.65. The van der Waals surface area contributed by atoms with E-state index in [1.165, 1.54) is 22.4 Å². The number of hydrogen-bond acceptors (Lipinski definition) is 2. The maximum absolute atomic E-state index is 6.31. The van der Waals surface area contributed by atoms with Gasteiger partial charge in [-0.2, -0.15) is 0 Å². The van der Waals surface area contributed by atoms with E-state index in [9.17, 15) is 0 Å². The van der Waals surface area contributed by atoms with E-state index in [-0.39, 0.29) is 6.04 Å². The van der Waals surface area contributed by atoms with Crippen LogP contribution in [0.15, 0.2) is 57.9 Å². The van der Waals surface area contributed by atoms with Crippen molar-refractivity contribution in [1.82, 2.24) is 0 Å². The van der Waals surface area contributed by atoms with Crippen LogP contribution >= 0.6 is 27.7 Å². The molecule has 0 spiro atoms. The lowest BCUT2D eigenvalue weighted by atomic mass is 10.0. The van der Waals surface area contributed by atoms with Crippen LogP contribution in [0.2, 0.25) is 0 Å². The van der Waals surface area contributed by atoms with E-state index < -0.39 is 0 Å². The fourth-order valence-corrected chi connectivity index (χ4v) is 3.24. The molecular weight excluding hydrogens is 330 g/mol. The summed E-state index contributed by atoms with van der Waals surface area (Å²) >= 11 is 5.26. The fraction of sp³-hybridized carbons (Fsp3) is 0.294. The van der Waals surface area contributed by atoms with Crippen molar-refractivity contribution in [3.05, 3.63) is 64.1 Å². The molecule has 1 nitrogen and oxygen atoms in total. The molecule has 1 unspecified atom stereocenters. The Labute approximate surface area is 134 Å². The molecule has 0 aliphatic carbocycles. The molecule has 0 heterocycles. The van der Waals surface area contributed by atoms with Gasteiger partial charge in [0, 0.05) is 21.2 Å². The van der Waals surface area contributed by atoms with Crippen molar-refractivity contribution in [2.24, 2.45) is 5.73 Å².